The molecule has 0 aromatic rings. The molecule has 0 spiro atoms. The minimum atomic E-state index is -2.43. The Morgan fingerprint density at radius 3 is 2.43 bits per heavy atom. The molecular formula is C5H11N2O4PS2. The normalized spacial score (nSPS) is 11.1. The highest BCUT2D eigenvalue weighted by molar-refractivity contribution is 8.68. The van der Waals surface area contributed by atoms with Gasteiger partial charge >= 0.3 is 0 Å². The van der Waals surface area contributed by atoms with Crippen LogP contribution in [0.1, 0.15) is 0 Å². The monoisotopic (exact) mass is 258 g/mol. The molecule has 1 amide bonds. The Kier molecular flexibility index (Phi) is 6.46. The molecule has 0 saturated heterocycles. The van der Waals surface area contributed by atoms with Gasteiger partial charge in [0.1, 0.15) is 0 Å². The van der Waals surface area contributed by atoms with Crippen molar-refractivity contribution >= 4 is 34.8 Å². The second kappa shape index (κ2) is 6.47. The van der Waals surface area contributed by atoms with Gasteiger partial charge in [-0.2, -0.15) is 5.01 Å². The zero-order valence-corrected chi connectivity index (χ0v) is 10.5. The number of rotatable bonds is 6. The van der Waals surface area contributed by atoms with E-state index in [4.69, 9.17) is 20.9 Å². The van der Waals surface area contributed by atoms with Crippen molar-refractivity contribution in [3.8, 4) is 0 Å². The van der Waals surface area contributed by atoms with Crippen LogP contribution in [0, 0.1) is 4.91 Å². The number of carbonyl (C=O) groups excluding carboxylic acids is 1. The molecule has 0 aromatic carbocycles. The molecular weight excluding hydrogens is 247 g/mol. The van der Waals surface area contributed by atoms with Crippen LogP contribution in [0.5, 0.6) is 0 Å². The van der Waals surface area contributed by atoms with Gasteiger partial charge in [0, 0.05) is 21.3 Å². The maximum Gasteiger partial charge on any atom is 0.255 e. The number of amides is 1. The van der Waals surface area contributed by atoms with Crippen LogP contribution in [-0.4, -0.2) is 37.9 Å². The van der Waals surface area contributed by atoms with Crippen LogP contribution in [0.2, 0.25) is 0 Å². The Morgan fingerprint density at radius 2 is 2.07 bits per heavy atom. The lowest BCUT2D eigenvalue weighted by Crippen LogP contribution is -2.22. The smallest absolute Gasteiger partial charge is 0.255 e. The summed E-state index contributed by atoms with van der Waals surface area (Å²) in [4.78, 5) is 21.1. The summed E-state index contributed by atoms with van der Waals surface area (Å²) in [5.74, 6) is -0.422. The van der Waals surface area contributed by atoms with Crippen molar-refractivity contribution in [3.05, 3.63) is 4.91 Å². The highest BCUT2D eigenvalue weighted by Gasteiger charge is 2.20. The predicted octanol–water partition coefficient (Wildman–Crippen LogP) is 1.38. The second-order valence-electron chi connectivity index (χ2n) is 2.08. The molecule has 0 rings (SSSR count). The summed E-state index contributed by atoms with van der Waals surface area (Å²) in [6, 6.07) is 0. The van der Waals surface area contributed by atoms with Crippen LogP contribution in [0.15, 0.2) is 5.29 Å². The second-order valence-corrected chi connectivity index (χ2v) is 8.61. The summed E-state index contributed by atoms with van der Waals surface area (Å²) >= 11 is 6.06. The zero-order chi connectivity index (χ0) is 11.2. The molecule has 6 nitrogen and oxygen atoms in total. The molecule has 0 atom stereocenters. The van der Waals surface area contributed by atoms with Gasteiger partial charge in [-0.15, -0.1) is 4.91 Å². The Balaban J connectivity index is 4.11. The van der Waals surface area contributed by atoms with E-state index in [0.29, 0.717) is 5.01 Å². The maximum absolute atomic E-state index is 11.1. The first-order chi connectivity index (χ1) is 6.49. The lowest BCUT2D eigenvalue weighted by atomic mass is 10.7. The van der Waals surface area contributed by atoms with E-state index in [1.54, 1.807) is 0 Å². The molecule has 0 aromatic heterocycles. The lowest BCUT2D eigenvalue weighted by Gasteiger charge is -2.16. The minimum absolute atomic E-state index is 0.0151. The van der Waals surface area contributed by atoms with Crippen molar-refractivity contribution in [1.29, 1.82) is 0 Å². The highest BCUT2D eigenvalue weighted by Crippen LogP contribution is 2.59. The Labute approximate surface area is 91.2 Å². The highest BCUT2D eigenvalue weighted by atomic mass is 32.9. The van der Waals surface area contributed by atoms with E-state index >= 15 is 0 Å². The number of hydrogen-bond acceptors (Lipinski definition) is 7. The lowest BCUT2D eigenvalue weighted by molar-refractivity contribution is -0.127. The van der Waals surface area contributed by atoms with E-state index in [9.17, 15) is 9.70 Å². The Hall–Kier alpha value is -0.0100. The summed E-state index contributed by atoms with van der Waals surface area (Å²) in [7, 11) is 4.12. The molecule has 0 unspecified atom stereocenters. The third kappa shape index (κ3) is 4.47. The largest absolute Gasteiger partial charge is 0.325 e. The van der Waals surface area contributed by atoms with Crippen molar-refractivity contribution in [1.82, 2.24) is 5.01 Å². The van der Waals surface area contributed by atoms with Gasteiger partial charge in [0.2, 0.25) is 5.69 Å². The summed E-state index contributed by atoms with van der Waals surface area (Å²) in [6.45, 7) is 0. The van der Waals surface area contributed by atoms with Gasteiger partial charge in [-0.1, -0.05) is 11.4 Å². The standard InChI is InChI=1S/C5H11N2O4PS2/c1-7(6-9)5(8)4-14-12(13,10-2)11-3/h4H2,1-3H3. The quantitative estimate of drug-likeness (QED) is 0.407. The van der Waals surface area contributed by atoms with E-state index in [1.807, 2.05) is 0 Å². The third-order valence-corrected chi connectivity index (χ3v) is 6.94. The topological polar surface area (TPSA) is 68.2 Å². The molecule has 9 heteroatoms. The fourth-order valence-corrected chi connectivity index (χ4v) is 3.18. The van der Waals surface area contributed by atoms with Crippen molar-refractivity contribution in [3.63, 3.8) is 0 Å². The van der Waals surface area contributed by atoms with E-state index in [2.05, 4.69) is 5.29 Å². The van der Waals surface area contributed by atoms with Gasteiger partial charge in [-0.05, 0) is 11.8 Å². The van der Waals surface area contributed by atoms with E-state index in [-0.39, 0.29) is 5.75 Å². The molecule has 14 heavy (non-hydrogen) atoms. The van der Waals surface area contributed by atoms with E-state index in [1.165, 1.54) is 21.3 Å². The summed E-state index contributed by atoms with van der Waals surface area (Å²) in [5.41, 5.74) is -2.43. The van der Waals surface area contributed by atoms with Crippen LogP contribution < -0.4 is 0 Å². The van der Waals surface area contributed by atoms with E-state index in [0.717, 1.165) is 11.4 Å². The predicted molar refractivity (Wildman–Crippen MR) is 59.3 cm³/mol. The first-order valence-electron chi connectivity index (χ1n) is 3.45. The maximum atomic E-state index is 11.1. The van der Waals surface area contributed by atoms with Crippen LogP contribution >= 0.6 is 17.1 Å². The first kappa shape index (κ1) is 14.0. The van der Waals surface area contributed by atoms with Crippen LogP contribution in [0.3, 0.4) is 0 Å². The number of carbonyl (C=O) groups is 1. The molecule has 0 fully saturated rings. The van der Waals surface area contributed by atoms with Gasteiger partial charge in [-0.25, -0.2) is 0 Å². The third-order valence-electron chi connectivity index (χ3n) is 1.28. The van der Waals surface area contributed by atoms with Gasteiger partial charge in [0.15, 0.2) is 0 Å². The van der Waals surface area contributed by atoms with Gasteiger partial charge in [0.05, 0.1) is 11.0 Å². The molecule has 0 aliphatic carbocycles. The molecule has 0 saturated carbocycles. The fraction of sp³-hybridized carbons (Fsp3) is 0.800. The Bertz CT molecular complexity index is 254. The summed E-state index contributed by atoms with van der Waals surface area (Å²) in [6.07, 6.45) is 0. The van der Waals surface area contributed by atoms with Crippen molar-refractivity contribution in [2.75, 3.05) is 27.0 Å². The minimum Gasteiger partial charge on any atom is -0.325 e. The van der Waals surface area contributed by atoms with Gasteiger partial charge < -0.3 is 9.05 Å². The van der Waals surface area contributed by atoms with Crippen molar-refractivity contribution in [2.45, 2.75) is 0 Å². The SMILES string of the molecule is COP(=S)(OC)SCC(=O)N(C)N=O. The van der Waals surface area contributed by atoms with Gasteiger partial charge in [-0.3, -0.25) is 4.79 Å². The summed E-state index contributed by atoms with van der Waals surface area (Å²) < 4.78 is 9.88. The molecule has 0 N–H and O–H groups in total. The van der Waals surface area contributed by atoms with Crippen LogP contribution in [-0.2, 0) is 25.6 Å². The van der Waals surface area contributed by atoms with Crippen molar-refractivity contribution in [2.24, 2.45) is 5.29 Å². The number of nitrogens with zero attached hydrogens (tertiary/aromatic N) is 2. The van der Waals surface area contributed by atoms with Gasteiger partial charge in [0.25, 0.3) is 5.91 Å². The number of hydrogen-bond donors (Lipinski definition) is 0. The average Bonchev–Trinajstić information content (AvgIpc) is 2.24. The molecule has 0 aliphatic heterocycles. The molecule has 0 aliphatic rings. The molecule has 0 radical (unpaired) electrons. The molecule has 0 bridgehead atoms. The van der Waals surface area contributed by atoms with Crippen LogP contribution in [0.25, 0.3) is 0 Å². The van der Waals surface area contributed by atoms with Crippen LogP contribution in [0.4, 0.5) is 0 Å². The summed E-state index contributed by atoms with van der Waals surface area (Å²) in [5, 5.41) is 3.16. The molecule has 82 valence electrons. The first-order valence-corrected chi connectivity index (χ1v) is 7.68. The van der Waals surface area contributed by atoms with E-state index < -0.39 is 11.6 Å². The number of nitroso groups, excluding NO2 is 1. The van der Waals surface area contributed by atoms with Crippen molar-refractivity contribution < 1.29 is 13.8 Å². The average molecular weight is 258 g/mol. The fourth-order valence-electron chi connectivity index (χ4n) is 0.453. The zero-order valence-electron chi connectivity index (χ0n) is 8.00. The molecule has 0 heterocycles. The Morgan fingerprint density at radius 1 is 1.57 bits per heavy atom.